The second-order valence-corrected chi connectivity index (χ2v) is 5.87. The third kappa shape index (κ3) is 3.70. The Bertz CT molecular complexity index is 1090. The first-order valence-corrected chi connectivity index (χ1v) is 8.18. The van der Waals surface area contributed by atoms with Gasteiger partial charge in [-0.15, -0.1) is 5.10 Å². The van der Waals surface area contributed by atoms with Crippen LogP contribution in [0.2, 0.25) is 0 Å². The van der Waals surface area contributed by atoms with Gasteiger partial charge in [0.05, 0.1) is 27.6 Å². The van der Waals surface area contributed by atoms with Crippen LogP contribution in [-0.2, 0) is 0 Å². The lowest BCUT2D eigenvalue weighted by molar-refractivity contribution is -0.384. The van der Waals surface area contributed by atoms with Crippen LogP contribution in [0.1, 0.15) is 28.7 Å². The van der Waals surface area contributed by atoms with E-state index in [2.05, 4.69) is 20.8 Å². The molecule has 10 nitrogen and oxygen atoms in total. The fourth-order valence-electron chi connectivity index (χ4n) is 2.56. The third-order valence-corrected chi connectivity index (χ3v) is 4.00. The van der Waals surface area contributed by atoms with E-state index in [0.29, 0.717) is 22.8 Å². The summed E-state index contributed by atoms with van der Waals surface area (Å²) < 4.78 is 1.45. The molecule has 0 atom stereocenters. The van der Waals surface area contributed by atoms with Gasteiger partial charge >= 0.3 is 0 Å². The van der Waals surface area contributed by atoms with Crippen molar-refractivity contribution in [3.8, 4) is 11.4 Å². The van der Waals surface area contributed by atoms with E-state index in [9.17, 15) is 20.0 Å². The molecular formula is C18H16N6O4. The maximum absolute atomic E-state index is 12.1. The molecule has 1 aromatic heterocycles. The summed E-state index contributed by atoms with van der Waals surface area (Å²) in [6.07, 6.45) is 0. The molecule has 1 amide bonds. The molecule has 0 aliphatic heterocycles. The molecule has 0 aliphatic carbocycles. The highest BCUT2D eigenvalue weighted by Crippen LogP contribution is 2.19. The van der Waals surface area contributed by atoms with Gasteiger partial charge in [-0.1, -0.05) is 23.4 Å². The van der Waals surface area contributed by atoms with Gasteiger partial charge in [-0.2, -0.15) is 5.10 Å². The van der Waals surface area contributed by atoms with Crippen molar-refractivity contribution in [3.05, 3.63) is 75.6 Å². The van der Waals surface area contributed by atoms with Gasteiger partial charge in [0.2, 0.25) is 0 Å². The molecule has 3 aromatic rings. The molecule has 0 saturated heterocycles. The molecule has 0 bridgehead atoms. The number of hydrogen-bond acceptors (Lipinski definition) is 7. The number of nitro benzene ring substituents is 1. The van der Waals surface area contributed by atoms with Gasteiger partial charge in [-0.3, -0.25) is 14.9 Å². The number of aromatic hydroxyl groups is 1. The Morgan fingerprint density at radius 1 is 1.25 bits per heavy atom. The minimum absolute atomic E-state index is 0.0609. The molecule has 0 spiro atoms. The second kappa shape index (κ2) is 7.66. The van der Waals surface area contributed by atoms with Crippen molar-refractivity contribution in [1.82, 2.24) is 20.4 Å². The van der Waals surface area contributed by atoms with Crippen molar-refractivity contribution in [2.24, 2.45) is 5.10 Å². The fourth-order valence-corrected chi connectivity index (χ4v) is 2.56. The van der Waals surface area contributed by atoms with Crippen LogP contribution in [0.5, 0.6) is 5.75 Å². The first-order valence-electron chi connectivity index (χ1n) is 8.18. The number of para-hydroxylation sites is 1. The average molecular weight is 380 g/mol. The summed E-state index contributed by atoms with van der Waals surface area (Å²) in [5.74, 6) is -0.721. The number of amides is 1. The predicted octanol–water partition coefficient (Wildman–Crippen LogP) is 2.34. The van der Waals surface area contributed by atoms with Crippen LogP contribution in [0.3, 0.4) is 0 Å². The van der Waals surface area contributed by atoms with Gasteiger partial charge in [0.1, 0.15) is 11.4 Å². The summed E-state index contributed by atoms with van der Waals surface area (Å²) in [7, 11) is 0. The number of aromatic nitrogens is 3. The van der Waals surface area contributed by atoms with Crippen molar-refractivity contribution in [3.63, 3.8) is 0 Å². The van der Waals surface area contributed by atoms with Crippen molar-refractivity contribution in [1.29, 1.82) is 0 Å². The smallest absolute Gasteiger partial charge is 0.275 e. The summed E-state index contributed by atoms with van der Waals surface area (Å²) in [6.45, 7) is 3.37. The molecule has 2 aromatic carbocycles. The van der Waals surface area contributed by atoms with Crippen LogP contribution in [0, 0.1) is 17.0 Å². The van der Waals surface area contributed by atoms with Gasteiger partial charge < -0.3 is 5.11 Å². The molecule has 0 unspecified atom stereocenters. The monoisotopic (exact) mass is 380 g/mol. The lowest BCUT2D eigenvalue weighted by Crippen LogP contribution is -2.19. The number of hydrazone groups is 1. The molecule has 142 valence electrons. The maximum atomic E-state index is 12.1. The number of carbonyl (C=O) groups is 1. The second-order valence-electron chi connectivity index (χ2n) is 5.87. The molecule has 0 fully saturated rings. The summed E-state index contributed by atoms with van der Waals surface area (Å²) in [6, 6.07) is 12.1. The number of phenolic OH excluding ortho intramolecular Hbond substituents is 1. The highest BCUT2D eigenvalue weighted by Gasteiger charge is 2.16. The minimum atomic E-state index is -0.568. The number of non-ortho nitro benzene ring substituents is 1. The van der Waals surface area contributed by atoms with E-state index < -0.39 is 10.8 Å². The molecule has 0 radical (unpaired) electrons. The lowest BCUT2D eigenvalue weighted by Gasteiger charge is -2.05. The summed E-state index contributed by atoms with van der Waals surface area (Å²) in [5.41, 5.74) is 4.28. The van der Waals surface area contributed by atoms with Crippen LogP contribution < -0.4 is 5.43 Å². The Morgan fingerprint density at radius 3 is 2.71 bits per heavy atom. The van der Waals surface area contributed by atoms with Gasteiger partial charge in [0, 0.05) is 12.1 Å². The van der Waals surface area contributed by atoms with E-state index in [1.807, 2.05) is 0 Å². The number of benzene rings is 2. The molecule has 0 saturated carbocycles. The van der Waals surface area contributed by atoms with Crippen molar-refractivity contribution in [2.75, 3.05) is 0 Å². The van der Waals surface area contributed by atoms with E-state index in [0.717, 1.165) is 0 Å². The van der Waals surface area contributed by atoms with Gasteiger partial charge in [0.15, 0.2) is 0 Å². The van der Waals surface area contributed by atoms with Crippen LogP contribution in [0.25, 0.3) is 5.69 Å². The van der Waals surface area contributed by atoms with Gasteiger partial charge in [-0.05, 0) is 32.0 Å². The van der Waals surface area contributed by atoms with E-state index in [1.165, 1.54) is 28.9 Å². The number of phenols is 1. The Balaban J connectivity index is 1.84. The highest BCUT2D eigenvalue weighted by molar-refractivity contribution is 6.01. The lowest BCUT2D eigenvalue weighted by atomic mass is 10.2. The Kier molecular flexibility index (Phi) is 5.12. The van der Waals surface area contributed by atoms with Crippen LogP contribution >= 0.6 is 0 Å². The van der Waals surface area contributed by atoms with Gasteiger partial charge in [-0.25, -0.2) is 10.1 Å². The van der Waals surface area contributed by atoms with Gasteiger partial charge in [0.25, 0.3) is 11.6 Å². The number of nitrogens with zero attached hydrogens (tertiary/aromatic N) is 5. The standard InChI is InChI=1S/C18H16N6O4/c1-11(19-21-18(26)15-8-3-4-9-16(15)25)17-12(2)23(22-20-17)13-6-5-7-14(10-13)24(27)28/h3-10,25H,1-2H3,(H,21,26). The fraction of sp³-hybridized carbons (Fsp3) is 0.111. The van der Waals surface area contributed by atoms with E-state index >= 15 is 0 Å². The minimum Gasteiger partial charge on any atom is -0.507 e. The molecule has 3 rings (SSSR count). The molecule has 28 heavy (non-hydrogen) atoms. The Morgan fingerprint density at radius 2 is 2.00 bits per heavy atom. The summed E-state index contributed by atoms with van der Waals surface area (Å²) in [5, 5.41) is 32.7. The topological polar surface area (TPSA) is 136 Å². The average Bonchev–Trinajstić information content (AvgIpc) is 3.07. The first kappa shape index (κ1) is 18.7. The maximum Gasteiger partial charge on any atom is 0.275 e. The Labute approximate surface area is 159 Å². The van der Waals surface area contributed by atoms with E-state index in [4.69, 9.17) is 0 Å². The van der Waals surface area contributed by atoms with Crippen molar-refractivity contribution in [2.45, 2.75) is 13.8 Å². The zero-order valence-electron chi connectivity index (χ0n) is 15.0. The Hall–Kier alpha value is -4.08. The van der Waals surface area contributed by atoms with Crippen LogP contribution in [0.4, 0.5) is 5.69 Å². The number of nitro groups is 1. The molecule has 10 heteroatoms. The molecule has 1 heterocycles. The highest BCUT2D eigenvalue weighted by atomic mass is 16.6. The largest absolute Gasteiger partial charge is 0.507 e. The first-order chi connectivity index (χ1) is 13.4. The third-order valence-electron chi connectivity index (χ3n) is 4.00. The van der Waals surface area contributed by atoms with E-state index in [1.54, 1.807) is 38.1 Å². The SMILES string of the molecule is CC(=NNC(=O)c1ccccc1O)c1nnn(-c2cccc([N+](=O)[O-])c2)c1C. The zero-order valence-corrected chi connectivity index (χ0v) is 15.0. The number of carbonyl (C=O) groups excluding carboxylic acids is 1. The zero-order chi connectivity index (χ0) is 20.3. The summed E-state index contributed by atoms with van der Waals surface area (Å²) >= 11 is 0. The molecular weight excluding hydrogens is 364 g/mol. The number of rotatable bonds is 5. The predicted molar refractivity (Wildman–Crippen MR) is 101 cm³/mol. The quantitative estimate of drug-likeness (QED) is 0.396. The van der Waals surface area contributed by atoms with Crippen molar-refractivity contribution >= 4 is 17.3 Å². The normalized spacial score (nSPS) is 11.3. The van der Waals surface area contributed by atoms with Crippen LogP contribution in [-0.4, -0.2) is 36.6 Å². The van der Waals surface area contributed by atoms with Crippen molar-refractivity contribution < 1.29 is 14.8 Å². The number of hydrogen-bond donors (Lipinski definition) is 2. The molecule has 0 aliphatic rings. The van der Waals surface area contributed by atoms with E-state index in [-0.39, 0.29) is 17.0 Å². The molecule has 2 N–H and O–H groups in total. The number of nitrogens with one attached hydrogen (secondary N) is 1. The van der Waals surface area contributed by atoms with Crippen LogP contribution in [0.15, 0.2) is 53.6 Å². The summed E-state index contributed by atoms with van der Waals surface area (Å²) in [4.78, 5) is 22.6.